The summed E-state index contributed by atoms with van der Waals surface area (Å²) in [6, 6.07) is 7.49. The zero-order valence-electron chi connectivity index (χ0n) is 12.6. The molecule has 0 bridgehead atoms. The van der Waals surface area contributed by atoms with E-state index in [1.807, 2.05) is 6.92 Å². The van der Waals surface area contributed by atoms with Crippen LogP contribution in [0.15, 0.2) is 49.2 Å². The minimum absolute atomic E-state index is 0.156. The van der Waals surface area contributed by atoms with Crippen LogP contribution in [0.25, 0.3) is 0 Å². The summed E-state index contributed by atoms with van der Waals surface area (Å²) in [5, 5.41) is 6.19. The van der Waals surface area contributed by atoms with E-state index in [2.05, 4.69) is 22.2 Å². The van der Waals surface area contributed by atoms with Crippen LogP contribution in [0.1, 0.15) is 28.9 Å². The number of carbonyl (C=O) groups is 1. The van der Waals surface area contributed by atoms with Gasteiger partial charge in [-0.15, -0.1) is 6.58 Å². The largest absolute Gasteiger partial charge is 0.363 e. The van der Waals surface area contributed by atoms with E-state index in [4.69, 9.17) is 11.6 Å². The highest BCUT2D eigenvalue weighted by Crippen LogP contribution is 2.26. The van der Waals surface area contributed by atoms with Crippen molar-refractivity contribution in [1.29, 1.82) is 0 Å². The first kappa shape index (κ1) is 17.0. The van der Waals surface area contributed by atoms with Crippen LogP contribution in [-0.2, 0) is 0 Å². The molecule has 2 rings (SSSR count). The Morgan fingerprint density at radius 1 is 1.43 bits per heavy atom. The highest BCUT2D eigenvalue weighted by Gasteiger charge is 2.11. The molecular formula is C17H17ClFN3O. The van der Waals surface area contributed by atoms with E-state index in [9.17, 15) is 9.18 Å². The fourth-order valence-corrected chi connectivity index (χ4v) is 2.36. The van der Waals surface area contributed by atoms with E-state index >= 15 is 0 Å². The number of amides is 1. The molecule has 1 aromatic heterocycles. The first-order valence-corrected chi connectivity index (χ1v) is 7.45. The van der Waals surface area contributed by atoms with Crippen LogP contribution in [-0.4, -0.2) is 17.4 Å². The van der Waals surface area contributed by atoms with E-state index in [1.54, 1.807) is 24.3 Å². The van der Waals surface area contributed by atoms with Crippen molar-refractivity contribution in [3.8, 4) is 0 Å². The zero-order valence-corrected chi connectivity index (χ0v) is 13.4. The molecule has 1 atom stereocenters. The molecular weight excluding hydrogens is 317 g/mol. The minimum atomic E-state index is -0.376. The summed E-state index contributed by atoms with van der Waals surface area (Å²) in [6.45, 7) is 5.84. The molecule has 6 heteroatoms. The third-order valence-electron chi connectivity index (χ3n) is 3.23. The SMILES string of the molecule is C=CCNC(=O)c1ccc(NC(C)c2ccc(F)cc2Cl)nc1. The number of nitrogens with zero attached hydrogens (tertiary/aromatic N) is 1. The maximum absolute atomic E-state index is 13.1. The second-order valence-corrected chi connectivity index (χ2v) is 5.37. The van der Waals surface area contributed by atoms with Crippen molar-refractivity contribution in [2.24, 2.45) is 0 Å². The van der Waals surface area contributed by atoms with Gasteiger partial charge in [-0.05, 0) is 36.8 Å². The molecule has 2 N–H and O–H groups in total. The van der Waals surface area contributed by atoms with Gasteiger partial charge in [0.25, 0.3) is 5.91 Å². The Morgan fingerprint density at radius 2 is 2.22 bits per heavy atom. The fourth-order valence-electron chi connectivity index (χ4n) is 2.03. The summed E-state index contributed by atoms with van der Waals surface area (Å²) in [5.74, 6) is 0.00991. The molecule has 2 aromatic rings. The summed E-state index contributed by atoms with van der Waals surface area (Å²) >= 11 is 6.04. The summed E-state index contributed by atoms with van der Waals surface area (Å²) < 4.78 is 13.1. The van der Waals surface area contributed by atoms with Crippen LogP contribution in [0.4, 0.5) is 10.2 Å². The standard InChI is InChI=1S/C17H17ClFN3O/c1-3-8-20-17(23)12-4-7-16(21-10-12)22-11(2)14-6-5-13(19)9-15(14)18/h3-7,9-11H,1,8H2,2H3,(H,20,23)(H,21,22). The van der Waals surface area contributed by atoms with Gasteiger partial charge >= 0.3 is 0 Å². The Hall–Kier alpha value is -2.40. The molecule has 1 aromatic carbocycles. The van der Waals surface area contributed by atoms with Gasteiger partial charge in [-0.2, -0.15) is 0 Å². The number of anilines is 1. The lowest BCUT2D eigenvalue weighted by Crippen LogP contribution is -2.23. The summed E-state index contributed by atoms with van der Waals surface area (Å²) in [5.41, 5.74) is 1.23. The van der Waals surface area contributed by atoms with E-state index < -0.39 is 0 Å². The van der Waals surface area contributed by atoms with Crippen molar-refractivity contribution >= 4 is 23.3 Å². The number of halogens is 2. The van der Waals surface area contributed by atoms with E-state index in [0.717, 1.165) is 5.56 Å². The maximum atomic E-state index is 13.1. The van der Waals surface area contributed by atoms with Crippen LogP contribution in [0.5, 0.6) is 0 Å². The van der Waals surface area contributed by atoms with Gasteiger partial charge in [0, 0.05) is 17.8 Å². The van der Waals surface area contributed by atoms with E-state index in [-0.39, 0.29) is 17.8 Å². The number of hydrogen-bond acceptors (Lipinski definition) is 3. The van der Waals surface area contributed by atoms with Gasteiger partial charge in [-0.3, -0.25) is 4.79 Å². The predicted molar refractivity (Wildman–Crippen MR) is 90.2 cm³/mol. The van der Waals surface area contributed by atoms with Crippen molar-refractivity contribution in [3.05, 3.63) is 71.2 Å². The summed E-state index contributed by atoms with van der Waals surface area (Å²) in [4.78, 5) is 16.0. The molecule has 0 aliphatic rings. The highest BCUT2D eigenvalue weighted by molar-refractivity contribution is 6.31. The normalized spacial score (nSPS) is 11.6. The molecule has 4 nitrogen and oxygen atoms in total. The molecule has 0 aliphatic heterocycles. The molecule has 0 fully saturated rings. The predicted octanol–water partition coefficient (Wildman–Crippen LogP) is 3.96. The van der Waals surface area contributed by atoms with Gasteiger partial charge in [0.1, 0.15) is 11.6 Å². The minimum Gasteiger partial charge on any atom is -0.363 e. The van der Waals surface area contributed by atoms with Crippen LogP contribution in [0, 0.1) is 5.82 Å². The first-order chi connectivity index (χ1) is 11.0. The molecule has 1 heterocycles. The second kappa shape index (κ2) is 7.74. The Labute approximate surface area is 139 Å². The Morgan fingerprint density at radius 3 is 2.83 bits per heavy atom. The lowest BCUT2D eigenvalue weighted by atomic mass is 10.1. The summed E-state index contributed by atoms with van der Waals surface area (Å²) in [6.07, 6.45) is 3.09. The van der Waals surface area contributed by atoms with Crippen LogP contribution in [0.3, 0.4) is 0 Å². The topological polar surface area (TPSA) is 54.0 Å². The van der Waals surface area contributed by atoms with Crippen molar-refractivity contribution in [2.75, 3.05) is 11.9 Å². The molecule has 23 heavy (non-hydrogen) atoms. The van der Waals surface area contributed by atoms with Crippen molar-refractivity contribution in [1.82, 2.24) is 10.3 Å². The molecule has 1 unspecified atom stereocenters. The van der Waals surface area contributed by atoms with Gasteiger partial charge in [-0.1, -0.05) is 23.7 Å². The van der Waals surface area contributed by atoms with Crippen molar-refractivity contribution < 1.29 is 9.18 Å². The number of hydrogen-bond donors (Lipinski definition) is 2. The lowest BCUT2D eigenvalue weighted by Gasteiger charge is -2.16. The molecule has 0 saturated heterocycles. The number of carbonyl (C=O) groups excluding carboxylic acids is 1. The van der Waals surface area contributed by atoms with Crippen LogP contribution >= 0.6 is 11.6 Å². The third-order valence-corrected chi connectivity index (χ3v) is 3.55. The van der Waals surface area contributed by atoms with Crippen LogP contribution < -0.4 is 10.6 Å². The van der Waals surface area contributed by atoms with Gasteiger partial charge in [-0.25, -0.2) is 9.37 Å². The molecule has 120 valence electrons. The number of benzene rings is 1. The average Bonchev–Trinajstić information content (AvgIpc) is 2.53. The molecule has 0 spiro atoms. The Bertz CT molecular complexity index is 703. The quantitative estimate of drug-likeness (QED) is 0.787. The molecule has 0 radical (unpaired) electrons. The third kappa shape index (κ3) is 4.53. The maximum Gasteiger partial charge on any atom is 0.253 e. The molecule has 0 saturated carbocycles. The van der Waals surface area contributed by atoms with Gasteiger partial charge in [0.15, 0.2) is 0 Å². The number of nitrogens with one attached hydrogen (secondary N) is 2. The molecule has 0 aliphatic carbocycles. The number of rotatable bonds is 6. The van der Waals surface area contributed by atoms with Gasteiger partial charge in [0.2, 0.25) is 0 Å². The monoisotopic (exact) mass is 333 g/mol. The lowest BCUT2D eigenvalue weighted by molar-refractivity contribution is 0.0957. The Kier molecular flexibility index (Phi) is 5.71. The zero-order chi connectivity index (χ0) is 16.8. The number of pyridine rings is 1. The fraction of sp³-hybridized carbons (Fsp3) is 0.176. The molecule has 1 amide bonds. The smallest absolute Gasteiger partial charge is 0.253 e. The first-order valence-electron chi connectivity index (χ1n) is 7.08. The second-order valence-electron chi connectivity index (χ2n) is 4.96. The van der Waals surface area contributed by atoms with E-state index in [0.29, 0.717) is 22.9 Å². The van der Waals surface area contributed by atoms with E-state index in [1.165, 1.54) is 18.3 Å². The highest BCUT2D eigenvalue weighted by atomic mass is 35.5. The average molecular weight is 334 g/mol. The van der Waals surface area contributed by atoms with Crippen molar-refractivity contribution in [2.45, 2.75) is 13.0 Å². The van der Waals surface area contributed by atoms with Gasteiger partial charge < -0.3 is 10.6 Å². The van der Waals surface area contributed by atoms with Gasteiger partial charge in [0.05, 0.1) is 11.6 Å². The number of aromatic nitrogens is 1. The van der Waals surface area contributed by atoms with Crippen molar-refractivity contribution in [3.63, 3.8) is 0 Å². The summed E-state index contributed by atoms with van der Waals surface area (Å²) in [7, 11) is 0. The Balaban J connectivity index is 2.05. The van der Waals surface area contributed by atoms with Crippen LogP contribution in [0.2, 0.25) is 5.02 Å².